The topological polar surface area (TPSA) is 159 Å². The molecule has 2 heterocycles. The number of amides is 1. The average molecular weight is 719 g/mol. The van der Waals surface area contributed by atoms with Crippen molar-refractivity contribution in [3.05, 3.63) is 107 Å². The van der Waals surface area contributed by atoms with Crippen LogP contribution in [-0.2, 0) is 28.5 Å². The van der Waals surface area contributed by atoms with E-state index in [9.17, 15) is 27.6 Å². The van der Waals surface area contributed by atoms with Gasteiger partial charge in [-0.1, -0.05) is 37.1 Å². The molecule has 2 saturated carbocycles. The van der Waals surface area contributed by atoms with Crippen molar-refractivity contribution < 1.29 is 37.0 Å². The van der Waals surface area contributed by atoms with Crippen LogP contribution in [0.15, 0.2) is 73.3 Å². The molecule has 2 fully saturated rings. The number of methoxy groups -OCH3 is 2. The smallest absolute Gasteiger partial charge is 0.471 e. The van der Waals surface area contributed by atoms with Gasteiger partial charge in [-0.15, -0.1) is 0 Å². The number of carbonyl (C=O) groups is 3. The second kappa shape index (κ2) is 16.4. The molecule has 0 bridgehead atoms. The van der Waals surface area contributed by atoms with E-state index in [1.165, 1.54) is 29.9 Å². The van der Waals surface area contributed by atoms with Gasteiger partial charge in [-0.25, -0.2) is 19.9 Å². The number of halogens is 3. The molecule has 0 radical (unpaired) electrons. The minimum atomic E-state index is -5.03. The Hall–Kier alpha value is -5.24. The number of carbonyl (C=O) groups excluding carboxylic acids is 3. The maximum atomic E-state index is 12.2. The minimum Gasteiger partial charge on any atom is -0.497 e. The van der Waals surface area contributed by atoms with Crippen LogP contribution in [0.5, 0.6) is 11.5 Å². The summed E-state index contributed by atoms with van der Waals surface area (Å²) in [5.74, 6) is -0.0166. The van der Waals surface area contributed by atoms with E-state index in [0.29, 0.717) is 17.8 Å². The van der Waals surface area contributed by atoms with Crippen molar-refractivity contribution in [2.24, 2.45) is 5.73 Å². The number of hydrogen-bond acceptors (Lipinski definition) is 10. The first-order chi connectivity index (χ1) is 24.9. The Morgan fingerprint density at radius 3 is 1.38 bits per heavy atom. The fourth-order valence-corrected chi connectivity index (χ4v) is 6.50. The van der Waals surface area contributed by atoms with Crippen molar-refractivity contribution in [2.75, 3.05) is 27.3 Å². The Morgan fingerprint density at radius 2 is 1.08 bits per heavy atom. The number of Topliss-reactive ketones (excluding diaryl/α,β-unsaturated/α-hetero) is 2. The minimum absolute atomic E-state index is 0.0154. The van der Waals surface area contributed by atoms with Gasteiger partial charge >= 0.3 is 12.1 Å². The lowest BCUT2D eigenvalue weighted by molar-refractivity contribution is -0.173. The number of rotatable bonds is 13. The first-order valence-corrected chi connectivity index (χ1v) is 16.9. The van der Waals surface area contributed by atoms with Crippen LogP contribution >= 0.6 is 0 Å². The lowest BCUT2D eigenvalue weighted by Crippen LogP contribution is -2.39. The molecule has 52 heavy (non-hydrogen) atoms. The third-order valence-electron chi connectivity index (χ3n) is 9.93. The number of ketones is 2. The summed E-state index contributed by atoms with van der Waals surface area (Å²) in [7, 11) is 3.28. The molecule has 14 heteroatoms. The van der Waals surface area contributed by atoms with Gasteiger partial charge in [-0.05, 0) is 61.1 Å². The Morgan fingerprint density at radius 1 is 0.692 bits per heavy atom. The van der Waals surface area contributed by atoms with E-state index in [2.05, 4.69) is 32.1 Å². The van der Waals surface area contributed by atoms with E-state index in [0.717, 1.165) is 55.8 Å². The molecule has 1 amide bonds. The molecule has 4 aromatic rings. The van der Waals surface area contributed by atoms with Gasteiger partial charge in [0.15, 0.2) is 11.6 Å². The molecule has 3 N–H and O–H groups in total. The monoisotopic (exact) mass is 718 g/mol. The van der Waals surface area contributed by atoms with Crippen LogP contribution < -0.4 is 20.5 Å². The molecular weight excluding hydrogens is 677 g/mol. The van der Waals surface area contributed by atoms with Crippen molar-refractivity contribution in [3.8, 4) is 11.5 Å². The molecule has 0 spiro atoms. The highest BCUT2D eigenvalue weighted by atomic mass is 19.4. The number of aromatic nitrogens is 4. The molecule has 0 unspecified atom stereocenters. The summed E-state index contributed by atoms with van der Waals surface area (Å²) in [6, 6.07) is 16.1. The zero-order valence-electron chi connectivity index (χ0n) is 29.0. The Kier molecular flexibility index (Phi) is 12.0. The molecule has 0 saturated heterocycles. The highest BCUT2D eigenvalue weighted by Crippen LogP contribution is 2.47. The van der Waals surface area contributed by atoms with Crippen molar-refractivity contribution in [1.29, 1.82) is 0 Å². The number of benzene rings is 2. The van der Waals surface area contributed by atoms with E-state index in [1.807, 2.05) is 36.4 Å². The van der Waals surface area contributed by atoms with E-state index in [-0.39, 0.29) is 28.7 Å². The van der Waals surface area contributed by atoms with Crippen LogP contribution in [0.1, 0.15) is 82.0 Å². The zero-order chi connectivity index (χ0) is 37.4. The maximum absolute atomic E-state index is 12.2. The van der Waals surface area contributed by atoms with Gasteiger partial charge in [0, 0.05) is 48.5 Å². The van der Waals surface area contributed by atoms with Gasteiger partial charge in [0.2, 0.25) is 0 Å². The van der Waals surface area contributed by atoms with Gasteiger partial charge < -0.3 is 20.5 Å². The normalized spacial score (nSPS) is 15.5. The summed E-state index contributed by atoms with van der Waals surface area (Å²) >= 11 is 0. The fraction of sp³-hybridized carbons (Fsp3) is 0.395. The van der Waals surface area contributed by atoms with Crippen molar-refractivity contribution in [1.82, 2.24) is 25.3 Å². The number of nitrogens with one attached hydrogen (secondary N) is 1. The first-order valence-electron chi connectivity index (χ1n) is 16.9. The van der Waals surface area contributed by atoms with E-state index < -0.39 is 24.4 Å². The zero-order valence-corrected chi connectivity index (χ0v) is 29.0. The van der Waals surface area contributed by atoms with Gasteiger partial charge in [0.05, 0.1) is 38.4 Å². The van der Waals surface area contributed by atoms with E-state index in [1.54, 1.807) is 31.9 Å². The molecule has 2 aromatic heterocycles. The standard InChI is InChI=1S/C20H20F3N3O3.C18H21N3O2/c1-29-15-5-3-14(4-6-15)19(7-2-8-19)9-17-24-10-13(11-25-17)16(27)12-26-18(28)20(21,22)23;1-23-15-5-3-14(4-6-15)18(7-2-8-18)9-17-20-11-13(12-21-17)16(22)10-19/h3-6,10-11H,2,7-9,12H2,1H3,(H,26,28);3-6,11-12H,2,7-10,19H2,1H3. The fourth-order valence-electron chi connectivity index (χ4n) is 6.50. The van der Waals surface area contributed by atoms with Gasteiger partial charge in [-0.2, -0.15) is 13.2 Å². The van der Waals surface area contributed by atoms with Crippen LogP contribution in [0.3, 0.4) is 0 Å². The number of nitrogens with zero attached hydrogens (tertiary/aromatic N) is 4. The second-order valence-corrected chi connectivity index (χ2v) is 13.1. The quantitative estimate of drug-likeness (QED) is 0.174. The Labute approximate surface area is 299 Å². The van der Waals surface area contributed by atoms with Crippen molar-refractivity contribution >= 4 is 17.5 Å². The third-order valence-corrected chi connectivity index (χ3v) is 9.93. The molecule has 2 aromatic carbocycles. The second-order valence-electron chi connectivity index (χ2n) is 13.1. The molecule has 11 nitrogen and oxygen atoms in total. The lowest BCUT2D eigenvalue weighted by Gasteiger charge is -2.42. The summed E-state index contributed by atoms with van der Waals surface area (Å²) in [6.07, 6.45) is 8.65. The lowest BCUT2D eigenvalue weighted by atomic mass is 9.62. The summed E-state index contributed by atoms with van der Waals surface area (Å²) in [6.45, 7) is -0.782. The van der Waals surface area contributed by atoms with Crippen molar-refractivity contribution in [3.63, 3.8) is 0 Å². The average Bonchev–Trinajstić information content (AvgIpc) is 3.13. The molecule has 0 atom stereocenters. The van der Waals surface area contributed by atoms with Crippen LogP contribution in [0.25, 0.3) is 0 Å². The summed E-state index contributed by atoms with van der Waals surface area (Å²) in [5, 5.41) is 1.54. The molecule has 0 aliphatic heterocycles. The Bertz CT molecular complexity index is 1830. The number of hydrogen-bond donors (Lipinski definition) is 2. The predicted molar refractivity (Wildman–Crippen MR) is 185 cm³/mol. The highest BCUT2D eigenvalue weighted by molar-refractivity contribution is 5.99. The summed E-state index contributed by atoms with van der Waals surface area (Å²) in [5.41, 5.74) is 8.38. The van der Waals surface area contributed by atoms with Gasteiger partial charge in [0.25, 0.3) is 0 Å². The largest absolute Gasteiger partial charge is 0.497 e. The molecule has 274 valence electrons. The van der Waals surface area contributed by atoms with Crippen LogP contribution in [-0.4, -0.2) is 70.9 Å². The molecule has 2 aliphatic carbocycles. The summed E-state index contributed by atoms with van der Waals surface area (Å²) < 4.78 is 47.0. The van der Waals surface area contributed by atoms with Gasteiger partial charge in [0.1, 0.15) is 23.1 Å². The van der Waals surface area contributed by atoms with E-state index >= 15 is 0 Å². The van der Waals surface area contributed by atoms with Crippen molar-refractivity contribution in [2.45, 2.75) is 68.4 Å². The maximum Gasteiger partial charge on any atom is 0.471 e. The predicted octanol–water partition coefficient (Wildman–Crippen LogP) is 5.30. The molecule has 6 rings (SSSR count). The SMILES string of the molecule is COc1ccc(C2(Cc3ncc(C(=O)CN)cn3)CCC2)cc1.COc1ccc(C2(Cc3ncc(C(=O)CNC(=O)C(F)(F)F)cn3)CCC2)cc1. The van der Waals surface area contributed by atoms with Crippen LogP contribution in [0.4, 0.5) is 13.2 Å². The number of nitrogens with two attached hydrogens (primary N) is 1. The van der Waals surface area contributed by atoms with E-state index in [4.69, 9.17) is 15.2 Å². The molecule has 2 aliphatic rings. The first kappa shape index (κ1) is 38.0. The van der Waals surface area contributed by atoms with Crippen LogP contribution in [0.2, 0.25) is 0 Å². The number of alkyl halides is 3. The number of ether oxygens (including phenoxy) is 2. The Balaban J connectivity index is 0.000000206. The highest BCUT2D eigenvalue weighted by Gasteiger charge is 2.41. The molecular formula is C38H41F3N6O5. The van der Waals surface area contributed by atoms with Crippen LogP contribution in [0, 0.1) is 0 Å². The summed E-state index contributed by atoms with van der Waals surface area (Å²) in [4.78, 5) is 51.4. The third kappa shape index (κ3) is 8.97. The van der Waals surface area contributed by atoms with Gasteiger partial charge in [-0.3, -0.25) is 14.4 Å².